The number of hydrogen-bond donors (Lipinski definition) is 3. The van der Waals surface area contributed by atoms with Crippen LogP contribution < -0.4 is 16.0 Å². The maximum absolute atomic E-state index is 12.0. The highest BCUT2D eigenvalue weighted by molar-refractivity contribution is 7.17. The van der Waals surface area contributed by atoms with E-state index in [9.17, 15) is 4.79 Å². The van der Waals surface area contributed by atoms with E-state index in [1.54, 1.807) is 23.9 Å². The van der Waals surface area contributed by atoms with Crippen molar-refractivity contribution in [3.05, 3.63) is 59.2 Å². The fraction of sp³-hybridized carbons (Fsp3) is 0.200. The summed E-state index contributed by atoms with van der Waals surface area (Å²) in [6.07, 6.45) is 4.14. The number of nitrogens with one attached hydrogen (secondary N) is 3. The molecule has 0 aliphatic heterocycles. The molecule has 3 heterocycles. The van der Waals surface area contributed by atoms with Gasteiger partial charge in [-0.2, -0.15) is 0 Å². The number of fused-ring (bicyclic) bond motifs is 1. The van der Waals surface area contributed by atoms with Crippen LogP contribution in [-0.4, -0.2) is 27.5 Å². The van der Waals surface area contributed by atoms with Crippen molar-refractivity contribution in [2.24, 2.45) is 0 Å². The number of carbonyl (C=O) groups is 1. The summed E-state index contributed by atoms with van der Waals surface area (Å²) < 4.78 is 1.06. The number of carbonyl (C=O) groups excluding carboxylic acids is 1. The van der Waals surface area contributed by atoms with Crippen molar-refractivity contribution in [2.45, 2.75) is 20.3 Å². The summed E-state index contributed by atoms with van der Waals surface area (Å²) in [5.41, 5.74) is 1.69. The van der Waals surface area contributed by atoms with Crippen LogP contribution in [0.2, 0.25) is 0 Å². The van der Waals surface area contributed by atoms with E-state index < -0.39 is 0 Å². The molecule has 0 radical (unpaired) electrons. The smallest absolute Gasteiger partial charge is 0.325 e. The van der Waals surface area contributed by atoms with Crippen LogP contribution in [0.3, 0.4) is 0 Å². The van der Waals surface area contributed by atoms with Gasteiger partial charge in [-0.25, -0.2) is 19.7 Å². The van der Waals surface area contributed by atoms with Gasteiger partial charge in [0, 0.05) is 29.7 Å². The van der Waals surface area contributed by atoms with Crippen LogP contribution in [0.4, 0.5) is 21.4 Å². The molecule has 9 heteroatoms. The Kier molecular flexibility index (Phi) is 7.48. The molecule has 0 fully saturated rings. The molecule has 1 aromatic carbocycles. The van der Waals surface area contributed by atoms with E-state index in [0.717, 1.165) is 39.6 Å². The minimum Gasteiger partial charge on any atom is -0.368 e. The summed E-state index contributed by atoms with van der Waals surface area (Å²) in [6.45, 7) is 4.72. The van der Waals surface area contributed by atoms with E-state index in [0.29, 0.717) is 5.13 Å². The van der Waals surface area contributed by atoms with Crippen molar-refractivity contribution < 1.29 is 4.79 Å². The highest BCUT2D eigenvalue weighted by atomic mass is 32.1. The number of hydrogen-bond acceptors (Lipinski definition) is 7. The molecule has 0 unspecified atom stereocenters. The average molecular weight is 427 g/mol. The minimum atomic E-state index is -0.304. The number of aromatic nitrogens is 3. The number of para-hydroxylation sites is 1. The Balaban J connectivity index is 0.00000117. The first kappa shape index (κ1) is 20.7. The number of thiazole rings is 1. The van der Waals surface area contributed by atoms with E-state index in [2.05, 4.69) is 30.9 Å². The fourth-order valence-electron chi connectivity index (χ4n) is 2.48. The second-order valence-electron chi connectivity index (χ2n) is 5.61. The lowest BCUT2D eigenvalue weighted by Crippen LogP contribution is -2.19. The fourth-order valence-corrected chi connectivity index (χ4v) is 4.10. The van der Waals surface area contributed by atoms with Crippen molar-refractivity contribution in [2.75, 3.05) is 22.5 Å². The lowest BCUT2D eigenvalue weighted by molar-refractivity contribution is 0.262. The molecule has 3 aromatic heterocycles. The molecular weight excluding hydrogens is 404 g/mol. The number of anilines is 3. The molecule has 0 aliphatic carbocycles. The normalized spacial score (nSPS) is 10.1. The summed E-state index contributed by atoms with van der Waals surface area (Å²) in [5, 5.41) is 11.4. The highest BCUT2D eigenvalue weighted by Gasteiger charge is 2.08. The van der Waals surface area contributed by atoms with Gasteiger partial charge in [-0.05, 0) is 23.6 Å². The predicted molar refractivity (Wildman–Crippen MR) is 122 cm³/mol. The Morgan fingerprint density at radius 2 is 1.86 bits per heavy atom. The van der Waals surface area contributed by atoms with Gasteiger partial charge in [-0.1, -0.05) is 32.0 Å². The Hall–Kier alpha value is -3.04. The van der Waals surface area contributed by atoms with Crippen LogP contribution in [0.15, 0.2) is 54.3 Å². The quantitative estimate of drug-likeness (QED) is 0.380. The Bertz CT molecular complexity index is 1050. The van der Waals surface area contributed by atoms with Crippen molar-refractivity contribution in [3.63, 3.8) is 0 Å². The molecule has 3 N–H and O–H groups in total. The molecule has 0 atom stereocenters. The third kappa shape index (κ3) is 5.72. The van der Waals surface area contributed by atoms with Crippen molar-refractivity contribution in [1.82, 2.24) is 15.0 Å². The molecular formula is C20H22N6OS2. The number of thiophene rings is 1. The summed E-state index contributed by atoms with van der Waals surface area (Å²) in [6, 6.07) is 11.0. The number of benzene rings is 1. The maximum atomic E-state index is 12.0. The van der Waals surface area contributed by atoms with Gasteiger partial charge >= 0.3 is 6.03 Å². The summed E-state index contributed by atoms with van der Waals surface area (Å²) in [4.78, 5) is 25.9. The van der Waals surface area contributed by atoms with Gasteiger partial charge in [0.1, 0.15) is 12.1 Å². The van der Waals surface area contributed by atoms with Crippen LogP contribution in [0.5, 0.6) is 0 Å². The van der Waals surface area contributed by atoms with Gasteiger partial charge in [-0.3, -0.25) is 5.32 Å². The van der Waals surface area contributed by atoms with Crippen molar-refractivity contribution in [1.29, 1.82) is 0 Å². The molecule has 0 saturated carbocycles. The molecule has 4 aromatic rings. The number of rotatable bonds is 6. The van der Waals surface area contributed by atoms with Crippen LogP contribution in [-0.2, 0) is 6.42 Å². The van der Waals surface area contributed by atoms with Crippen LogP contribution in [0.25, 0.3) is 10.2 Å². The first-order valence-electron chi connectivity index (χ1n) is 9.28. The zero-order valence-electron chi connectivity index (χ0n) is 16.2. The van der Waals surface area contributed by atoms with Gasteiger partial charge < -0.3 is 10.6 Å². The Morgan fingerprint density at radius 1 is 1.03 bits per heavy atom. The summed E-state index contributed by atoms with van der Waals surface area (Å²) in [5.74, 6) is 0.847. The SMILES string of the molecule is CC.O=C(Nc1ccccc1)Nc1ncc(CCNc2ncnc3ccsc23)s1. The van der Waals surface area contributed by atoms with Crippen molar-refractivity contribution >= 4 is 55.6 Å². The third-order valence-electron chi connectivity index (χ3n) is 3.71. The van der Waals surface area contributed by atoms with E-state index >= 15 is 0 Å². The Labute approximate surface area is 177 Å². The largest absolute Gasteiger partial charge is 0.368 e. The first-order valence-corrected chi connectivity index (χ1v) is 11.0. The number of nitrogens with zero attached hydrogens (tertiary/aromatic N) is 3. The number of urea groups is 1. The number of amides is 2. The van der Waals surface area contributed by atoms with Gasteiger partial charge in [0.2, 0.25) is 0 Å². The molecule has 150 valence electrons. The summed E-state index contributed by atoms with van der Waals surface area (Å²) >= 11 is 3.08. The minimum absolute atomic E-state index is 0.304. The lowest BCUT2D eigenvalue weighted by Gasteiger charge is -2.05. The lowest BCUT2D eigenvalue weighted by atomic mass is 10.3. The highest BCUT2D eigenvalue weighted by Crippen LogP contribution is 2.25. The molecule has 0 aliphatic rings. The monoisotopic (exact) mass is 426 g/mol. The second-order valence-corrected chi connectivity index (χ2v) is 7.64. The molecule has 29 heavy (non-hydrogen) atoms. The maximum Gasteiger partial charge on any atom is 0.325 e. The van der Waals surface area contributed by atoms with E-state index in [4.69, 9.17) is 0 Å². The molecule has 0 spiro atoms. The molecule has 7 nitrogen and oxygen atoms in total. The zero-order valence-corrected chi connectivity index (χ0v) is 17.8. The molecule has 4 rings (SSSR count). The average Bonchev–Trinajstić information content (AvgIpc) is 3.40. The molecule has 0 bridgehead atoms. The van der Waals surface area contributed by atoms with Crippen LogP contribution in [0, 0.1) is 0 Å². The van der Waals surface area contributed by atoms with Gasteiger partial charge in [0.05, 0.1) is 10.2 Å². The van der Waals surface area contributed by atoms with E-state index in [1.807, 2.05) is 55.6 Å². The predicted octanol–water partition coefficient (Wildman–Crippen LogP) is 5.47. The van der Waals surface area contributed by atoms with E-state index in [1.165, 1.54) is 11.3 Å². The first-order chi connectivity index (χ1) is 14.3. The van der Waals surface area contributed by atoms with Crippen LogP contribution in [0.1, 0.15) is 18.7 Å². The Morgan fingerprint density at radius 3 is 2.69 bits per heavy atom. The zero-order chi connectivity index (χ0) is 20.5. The standard InChI is InChI=1S/C18H16N6OS2.C2H6/c25-17(23-12-4-2-1-3-5-12)24-18-20-10-13(27-18)6-8-19-16-15-14(7-9-26-15)21-11-22-16;1-2/h1-5,7,9-11H,6,8H2,(H,19,21,22)(H2,20,23,24,25);1-2H3. The van der Waals surface area contributed by atoms with Crippen LogP contribution >= 0.6 is 22.7 Å². The third-order valence-corrected chi connectivity index (χ3v) is 5.60. The van der Waals surface area contributed by atoms with Crippen molar-refractivity contribution in [3.8, 4) is 0 Å². The van der Waals surface area contributed by atoms with Gasteiger partial charge in [-0.15, -0.1) is 22.7 Å². The van der Waals surface area contributed by atoms with E-state index in [-0.39, 0.29) is 6.03 Å². The van der Waals surface area contributed by atoms with Gasteiger partial charge in [0.15, 0.2) is 5.13 Å². The topological polar surface area (TPSA) is 91.8 Å². The molecule has 0 saturated heterocycles. The second kappa shape index (κ2) is 10.5. The van der Waals surface area contributed by atoms with Gasteiger partial charge in [0.25, 0.3) is 0 Å². The summed E-state index contributed by atoms with van der Waals surface area (Å²) in [7, 11) is 0. The molecule has 2 amide bonds.